The standard InChI is InChI=1S/C25H30ClF/c1-3-5-7-22-16-17-23(24(26)25(22)27)21-14-12-20(13-15-21)19-10-8-18(6-4-2)9-11-19/h10,12-18H,3-9,11H2,1-2H3. The van der Waals surface area contributed by atoms with Gasteiger partial charge in [-0.15, -0.1) is 0 Å². The Hall–Kier alpha value is -1.60. The van der Waals surface area contributed by atoms with Crippen molar-refractivity contribution in [3.63, 3.8) is 0 Å². The van der Waals surface area contributed by atoms with E-state index in [-0.39, 0.29) is 10.8 Å². The molecular weight excluding hydrogens is 355 g/mol. The van der Waals surface area contributed by atoms with Gasteiger partial charge in [0.15, 0.2) is 0 Å². The molecule has 0 aromatic heterocycles. The zero-order valence-corrected chi connectivity index (χ0v) is 17.3. The summed E-state index contributed by atoms with van der Waals surface area (Å²) in [5.41, 5.74) is 5.20. The summed E-state index contributed by atoms with van der Waals surface area (Å²) in [5, 5.41) is 0.246. The van der Waals surface area contributed by atoms with Crippen LogP contribution in [0.15, 0.2) is 42.5 Å². The summed E-state index contributed by atoms with van der Waals surface area (Å²) in [5.74, 6) is 0.592. The Bertz CT molecular complexity index is 789. The monoisotopic (exact) mass is 384 g/mol. The molecule has 2 aromatic carbocycles. The van der Waals surface area contributed by atoms with E-state index >= 15 is 0 Å². The lowest BCUT2D eigenvalue weighted by molar-refractivity contribution is 0.445. The third-order valence-corrected chi connectivity index (χ3v) is 6.11. The van der Waals surface area contributed by atoms with Crippen molar-refractivity contribution in [3.8, 4) is 11.1 Å². The first-order valence-electron chi connectivity index (χ1n) is 10.4. The van der Waals surface area contributed by atoms with Crippen LogP contribution in [0.5, 0.6) is 0 Å². The van der Waals surface area contributed by atoms with Gasteiger partial charge in [0, 0.05) is 5.56 Å². The first-order chi connectivity index (χ1) is 13.1. The van der Waals surface area contributed by atoms with Crippen molar-refractivity contribution in [1.82, 2.24) is 0 Å². The number of benzene rings is 2. The minimum Gasteiger partial charge on any atom is -0.205 e. The molecule has 0 radical (unpaired) electrons. The van der Waals surface area contributed by atoms with Crippen LogP contribution >= 0.6 is 11.6 Å². The number of hydrogen-bond donors (Lipinski definition) is 0. The fourth-order valence-corrected chi connectivity index (χ4v) is 4.35. The SMILES string of the molecule is CCCCc1ccc(-c2ccc(C3=CCC(CCC)CC3)cc2)c(Cl)c1F. The Kier molecular flexibility index (Phi) is 7.13. The highest BCUT2D eigenvalue weighted by molar-refractivity contribution is 6.33. The molecule has 0 aliphatic heterocycles. The molecule has 0 saturated heterocycles. The highest BCUT2D eigenvalue weighted by atomic mass is 35.5. The van der Waals surface area contributed by atoms with E-state index < -0.39 is 0 Å². The zero-order valence-electron chi connectivity index (χ0n) is 16.5. The van der Waals surface area contributed by atoms with Crippen molar-refractivity contribution < 1.29 is 4.39 Å². The van der Waals surface area contributed by atoms with Crippen LogP contribution in [0, 0.1) is 11.7 Å². The van der Waals surface area contributed by atoms with Crippen LogP contribution in [0.1, 0.15) is 69.9 Å². The van der Waals surface area contributed by atoms with Gasteiger partial charge in [-0.2, -0.15) is 0 Å². The third-order valence-electron chi connectivity index (χ3n) is 5.75. The van der Waals surface area contributed by atoms with Crippen molar-refractivity contribution in [2.45, 2.75) is 65.2 Å². The van der Waals surface area contributed by atoms with Gasteiger partial charge in [-0.3, -0.25) is 0 Å². The van der Waals surface area contributed by atoms with Crippen LogP contribution in [0.25, 0.3) is 16.7 Å². The van der Waals surface area contributed by atoms with Crippen LogP contribution in [0.3, 0.4) is 0 Å². The highest BCUT2D eigenvalue weighted by Crippen LogP contribution is 2.35. The van der Waals surface area contributed by atoms with Gasteiger partial charge < -0.3 is 0 Å². The summed E-state index contributed by atoms with van der Waals surface area (Å²) in [4.78, 5) is 0. The van der Waals surface area contributed by atoms with E-state index in [1.807, 2.05) is 12.1 Å². The molecule has 1 atom stereocenters. The quantitative estimate of drug-likeness (QED) is 0.449. The molecule has 1 unspecified atom stereocenters. The number of halogens is 2. The maximum atomic E-state index is 14.6. The molecule has 1 aliphatic carbocycles. The van der Waals surface area contributed by atoms with Crippen LogP contribution in [0.4, 0.5) is 4.39 Å². The molecule has 0 nitrogen and oxygen atoms in total. The smallest absolute Gasteiger partial charge is 0.145 e. The van der Waals surface area contributed by atoms with E-state index in [1.165, 1.54) is 36.8 Å². The maximum absolute atomic E-state index is 14.6. The van der Waals surface area contributed by atoms with Gasteiger partial charge in [0.25, 0.3) is 0 Å². The summed E-state index contributed by atoms with van der Waals surface area (Å²) < 4.78 is 14.6. The fraction of sp³-hybridized carbons (Fsp3) is 0.440. The maximum Gasteiger partial charge on any atom is 0.145 e. The number of allylic oxidation sites excluding steroid dienone is 2. The largest absolute Gasteiger partial charge is 0.205 e. The summed E-state index contributed by atoms with van der Waals surface area (Å²) in [6.45, 7) is 4.38. The molecule has 0 bridgehead atoms. The number of aryl methyl sites for hydroxylation is 1. The summed E-state index contributed by atoms with van der Waals surface area (Å²) in [6, 6.07) is 12.3. The Morgan fingerprint density at radius 3 is 2.37 bits per heavy atom. The topological polar surface area (TPSA) is 0 Å². The van der Waals surface area contributed by atoms with Crippen molar-refractivity contribution in [3.05, 3.63) is 64.4 Å². The summed E-state index contributed by atoms with van der Waals surface area (Å²) >= 11 is 6.36. The molecule has 0 amide bonds. The lowest BCUT2D eigenvalue weighted by atomic mass is 9.84. The van der Waals surface area contributed by atoms with Crippen molar-refractivity contribution >= 4 is 17.2 Å². The van der Waals surface area contributed by atoms with Gasteiger partial charge in [-0.05, 0) is 60.3 Å². The second-order valence-electron chi connectivity index (χ2n) is 7.74. The highest BCUT2D eigenvalue weighted by Gasteiger charge is 2.16. The Morgan fingerprint density at radius 1 is 1.00 bits per heavy atom. The molecule has 0 fully saturated rings. The van der Waals surface area contributed by atoms with Crippen LogP contribution < -0.4 is 0 Å². The van der Waals surface area contributed by atoms with Crippen LogP contribution in [-0.2, 0) is 6.42 Å². The minimum absolute atomic E-state index is 0.246. The number of unbranched alkanes of at least 4 members (excludes halogenated alkanes) is 1. The van der Waals surface area contributed by atoms with E-state index in [1.54, 1.807) is 0 Å². The van der Waals surface area contributed by atoms with Gasteiger partial charge in [-0.1, -0.05) is 87.2 Å². The Labute approximate surface area is 168 Å². The molecular formula is C25H30ClF. The molecule has 3 rings (SSSR count). The molecule has 144 valence electrons. The lowest BCUT2D eigenvalue weighted by Crippen LogP contribution is -2.05. The predicted octanol–water partition coefficient (Wildman–Crippen LogP) is 8.47. The minimum atomic E-state index is -0.261. The molecule has 2 heteroatoms. The van der Waals surface area contributed by atoms with Crippen molar-refractivity contribution in [2.75, 3.05) is 0 Å². The van der Waals surface area contributed by atoms with Crippen LogP contribution in [-0.4, -0.2) is 0 Å². The van der Waals surface area contributed by atoms with Crippen molar-refractivity contribution in [2.24, 2.45) is 5.92 Å². The van der Waals surface area contributed by atoms with E-state index in [9.17, 15) is 4.39 Å². The molecule has 0 N–H and O–H groups in total. The average molecular weight is 385 g/mol. The molecule has 1 aliphatic rings. The lowest BCUT2D eigenvalue weighted by Gasteiger charge is -2.21. The summed E-state index contributed by atoms with van der Waals surface area (Å²) in [6.07, 6.45) is 11.4. The van der Waals surface area contributed by atoms with Gasteiger partial charge in [0.1, 0.15) is 5.82 Å². The zero-order chi connectivity index (χ0) is 19.2. The first-order valence-corrected chi connectivity index (χ1v) is 10.8. The van der Waals surface area contributed by atoms with E-state index in [0.717, 1.165) is 48.3 Å². The predicted molar refractivity (Wildman–Crippen MR) is 116 cm³/mol. The number of rotatable bonds is 7. The van der Waals surface area contributed by atoms with E-state index in [4.69, 9.17) is 11.6 Å². The van der Waals surface area contributed by atoms with Crippen molar-refractivity contribution in [1.29, 1.82) is 0 Å². The molecule has 0 spiro atoms. The molecule has 27 heavy (non-hydrogen) atoms. The van der Waals surface area contributed by atoms with Crippen LogP contribution in [0.2, 0.25) is 5.02 Å². The van der Waals surface area contributed by atoms with Gasteiger partial charge in [-0.25, -0.2) is 4.39 Å². The third kappa shape index (κ3) is 4.82. The Morgan fingerprint density at radius 2 is 1.74 bits per heavy atom. The first kappa shape index (κ1) is 20.1. The average Bonchev–Trinajstić information content (AvgIpc) is 2.70. The van der Waals surface area contributed by atoms with Gasteiger partial charge in [0.2, 0.25) is 0 Å². The fourth-order valence-electron chi connectivity index (χ4n) is 4.06. The normalized spacial score (nSPS) is 17.0. The van der Waals surface area contributed by atoms with Gasteiger partial charge in [0.05, 0.1) is 5.02 Å². The second-order valence-corrected chi connectivity index (χ2v) is 8.12. The van der Waals surface area contributed by atoms with E-state index in [2.05, 4.69) is 44.2 Å². The summed E-state index contributed by atoms with van der Waals surface area (Å²) in [7, 11) is 0. The van der Waals surface area contributed by atoms with E-state index in [0.29, 0.717) is 0 Å². The van der Waals surface area contributed by atoms with Gasteiger partial charge >= 0.3 is 0 Å². The molecule has 0 heterocycles. The second kappa shape index (κ2) is 9.55. The Balaban J connectivity index is 1.77. The molecule has 0 saturated carbocycles. The number of hydrogen-bond acceptors (Lipinski definition) is 0. The molecule has 2 aromatic rings.